The smallest absolute Gasteiger partial charge is 0.404 e. The molecule has 4 atom stereocenters. The van der Waals surface area contributed by atoms with Gasteiger partial charge in [0.25, 0.3) is 0 Å². The molecule has 12 heteroatoms. The van der Waals surface area contributed by atoms with Crippen LogP contribution in [0.4, 0.5) is 4.79 Å². The lowest BCUT2D eigenvalue weighted by Gasteiger charge is -2.35. The third kappa shape index (κ3) is 11.1. The van der Waals surface area contributed by atoms with Crippen molar-refractivity contribution in [3.8, 4) is 10.4 Å². The van der Waals surface area contributed by atoms with Gasteiger partial charge >= 0.3 is 6.09 Å². The molecule has 0 radical (unpaired) electrons. The molecule has 5 N–H and O–H groups in total. The molecule has 11 nitrogen and oxygen atoms in total. The molecule has 2 aromatic rings. The van der Waals surface area contributed by atoms with Crippen molar-refractivity contribution in [3.63, 3.8) is 0 Å². The van der Waals surface area contributed by atoms with E-state index in [4.69, 9.17) is 5.11 Å². The number of aryl methyl sites for hydroxylation is 1. The molecule has 2 unspecified atom stereocenters. The Morgan fingerprint density at radius 3 is 2.22 bits per heavy atom. The van der Waals surface area contributed by atoms with Crippen LogP contribution in [0.1, 0.15) is 103 Å². The molecule has 1 fully saturated rings. The molecule has 4 amide bonds. The van der Waals surface area contributed by atoms with Crippen LogP contribution in [0, 0.1) is 12.3 Å². The lowest BCUT2D eigenvalue weighted by atomic mass is 9.85. The summed E-state index contributed by atoms with van der Waals surface area (Å²) in [4.78, 5) is 57.6. The molecule has 254 valence electrons. The van der Waals surface area contributed by atoms with Crippen LogP contribution in [0.15, 0.2) is 29.8 Å². The van der Waals surface area contributed by atoms with Gasteiger partial charge in [0.2, 0.25) is 17.7 Å². The maximum absolute atomic E-state index is 13.9. The zero-order chi connectivity index (χ0) is 33.9. The number of rotatable bonds is 16. The van der Waals surface area contributed by atoms with Crippen LogP contribution in [-0.4, -0.2) is 75.2 Å². The molecule has 1 aromatic heterocycles. The summed E-state index contributed by atoms with van der Waals surface area (Å²) in [5, 5.41) is 27.4. The first-order chi connectivity index (χ1) is 21.8. The Labute approximate surface area is 276 Å². The van der Waals surface area contributed by atoms with Gasteiger partial charge in [-0.1, -0.05) is 77.1 Å². The van der Waals surface area contributed by atoms with Crippen LogP contribution in [0.3, 0.4) is 0 Å². The van der Waals surface area contributed by atoms with Crippen molar-refractivity contribution in [1.82, 2.24) is 25.8 Å². The number of amides is 4. The van der Waals surface area contributed by atoms with E-state index in [1.54, 1.807) is 11.3 Å². The molecule has 46 heavy (non-hydrogen) atoms. The third-order valence-corrected chi connectivity index (χ3v) is 9.39. The molecule has 3 rings (SSSR count). The summed E-state index contributed by atoms with van der Waals surface area (Å²) in [5.74, 6) is -0.914. The number of nitrogens with zero attached hydrogens (tertiary/aromatic N) is 2. The fraction of sp³-hybridized carbons (Fsp3) is 0.618. The van der Waals surface area contributed by atoms with Crippen molar-refractivity contribution in [1.29, 1.82) is 0 Å². The highest BCUT2D eigenvalue weighted by molar-refractivity contribution is 7.13. The minimum Gasteiger partial charge on any atom is -0.465 e. The number of thiazole rings is 1. The van der Waals surface area contributed by atoms with Crippen molar-refractivity contribution in [2.75, 3.05) is 13.1 Å². The Hall–Kier alpha value is -3.51. The number of hydrogen-bond acceptors (Lipinski definition) is 7. The van der Waals surface area contributed by atoms with E-state index >= 15 is 0 Å². The first-order valence-electron chi connectivity index (χ1n) is 16.3. The second-order valence-corrected chi connectivity index (χ2v) is 14.2. The van der Waals surface area contributed by atoms with Gasteiger partial charge < -0.3 is 31.1 Å². The van der Waals surface area contributed by atoms with Gasteiger partial charge in [-0.2, -0.15) is 0 Å². The first kappa shape index (κ1) is 37.0. The SMILES string of the molecule is Cc1ncsc1-c1ccc(C(C)NC(=O)[C@@H]2C[C@@H](O)CN2C(=O)C(NC(=O)CCCCCCCCCNC(=O)O)C(C)(C)C)cc1. The number of aromatic nitrogens is 1. The van der Waals surface area contributed by atoms with Crippen LogP contribution in [0.5, 0.6) is 0 Å². The van der Waals surface area contributed by atoms with E-state index in [-0.39, 0.29) is 36.7 Å². The highest BCUT2D eigenvalue weighted by Gasteiger charge is 2.44. The van der Waals surface area contributed by atoms with Crippen LogP contribution >= 0.6 is 11.3 Å². The van der Waals surface area contributed by atoms with Crippen molar-refractivity contribution in [2.45, 2.75) is 117 Å². The quantitative estimate of drug-likeness (QED) is 0.156. The molecule has 1 aromatic carbocycles. The Bertz CT molecular complexity index is 1310. The van der Waals surface area contributed by atoms with Crippen molar-refractivity contribution < 1.29 is 29.4 Å². The van der Waals surface area contributed by atoms with Crippen LogP contribution in [0.2, 0.25) is 0 Å². The number of hydrogen-bond donors (Lipinski definition) is 5. The summed E-state index contributed by atoms with van der Waals surface area (Å²) in [6, 6.07) is 5.96. The number of carboxylic acid groups (broad SMARTS) is 1. The lowest BCUT2D eigenvalue weighted by molar-refractivity contribution is -0.144. The molecule has 0 aliphatic carbocycles. The molecule has 2 heterocycles. The summed E-state index contributed by atoms with van der Waals surface area (Å²) in [5.41, 5.74) is 4.17. The second kappa shape index (κ2) is 17.4. The average molecular weight is 658 g/mol. The number of unbranched alkanes of at least 4 members (excludes halogenated alkanes) is 6. The zero-order valence-corrected chi connectivity index (χ0v) is 28.6. The largest absolute Gasteiger partial charge is 0.465 e. The fourth-order valence-electron chi connectivity index (χ4n) is 5.74. The summed E-state index contributed by atoms with van der Waals surface area (Å²) in [6.07, 6.45) is 4.99. The number of β-amino-alcohol motifs (C(OH)–C–C–N with tert-alkyl or cyclic N) is 1. The minimum atomic E-state index is -0.997. The average Bonchev–Trinajstić information content (AvgIpc) is 3.61. The Morgan fingerprint density at radius 2 is 1.63 bits per heavy atom. The van der Waals surface area contributed by atoms with Gasteiger partial charge in [0, 0.05) is 25.9 Å². The van der Waals surface area contributed by atoms with Gasteiger partial charge in [-0.25, -0.2) is 9.78 Å². The Balaban J connectivity index is 1.51. The van der Waals surface area contributed by atoms with E-state index in [1.807, 2.05) is 64.4 Å². The normalized spacial score (nSPS) is 17.7. The second-order valence-electron chi connectivity index (χ2n) is 13.3. The van der Waals surface area contributed by atoms with Crippen LogP contribution in [0.25, 0.3) is 10.4 Å². The van der Waals surface area contributed by atoms with E-state index < -0.39 is 29.7 Å². The molecule has 0 saturated carbocycles. The number of carbonyl (C=O) groups excluding carboxylic acids is 3. The third-order valence-electron chi connectivity index (χ3n) is 8.42. The highest BCUT2D eigenvalue weighted by Crippen LogP contribution is 2.29. The van der Waals surface area contributed by atoms with Gasteiger partial charge in [-0.15, -0.1) is 11.3 Å². The maximum Gasteiger partial charge on any atom is 0.404 e. The Morgan fingerprint density at radius 1 is 1.00 bits per heavy atom. The Kier molecular flexibility index (Phi) is 14.0. The molecule has 0 bridgehead atoms. The van der Waals surface area contributed by atoms with Crippen LogP contribution < -0.4 is 16.0 Å². The summed E-state index contributed by atoms with van der Waals surface area (Å²) in [6.45, 7) is 9.99. The monoisotopic (exact) mass is 657 g/mol. The van der Waals surface area contributed by atoms with Gasteiger partial charge in [-0.05, 0) is 43.2 Å². The van der Waals surface area contributed by atoms with Crippen LogP contribution in [-0.2, 0) is 14.4 Å². The molecule has 1 saturated heterocycles. The van der Waals surface area contributed by atoms with Crippen molar-refractivity contribution in [3.05, 3.63) is 41.0 Å². The molecule has 0 spiro atoms. The summed E-state index contributed by atoms with van der Waals surface area (Å²) >= 11 is 1.58. The fourth-order valence-corrected chi connectivity index (χ4v) is 6.55. The van der Waals surface area contributed by atoms with E-state index in [1.165, 1.54) is 4.90 Å². The van der Waals surface area contributed by atoms with Gasteiger partial charge in [0.1, 0.15) is 12.1 Å². The number of benzene rings is 1. The number of aliphatic hydroxyl groups excluding tert-OH is 1. The summed E-state index contributed by atoms with van der Waals surface area (Å²) < 4.78 is 0. The lowest BCUT2D eigenvalue weighted by Crippen LogP contribution is -2.57. The maximum atomic E-state index is 13.9. The number of likely N-dealkylation sites (tertiary alicyclic amines) is 1. The number of aliphatic hydroxyl groups is 1. The van der Waals surface area contributed by atoms with E-state index in [9.17, 15) is 24.3 Å². The molecular weight excluding hydrogens is 606 g/mol. The van der Waals surface area contributed by atoms with E-state index in [0.717, 1.165) is 60.2 Å². The van der Waals surface area contributed by atoms with Crippen molar-refractivity contribution >= 4 is 35.2 Å². The highest BCUT2D eigenvalue weighted by atomic mass is 32.1. The van der Waals surface area contributed by atoms with Gasteiger partial charge in [-0.3, -0.25) is 14.4 Å². The van der Waals surface area contributed by atoms with Crippen molar-refractivity contribution in [2.24, 2.45) is 5.41 Å². The van der Waals surface area contributed by atoms with Gasteiger partial charge in [0.05, 0.1) is 28.2 Å². The minimum absolute atomic E-state index is 0.0308. The zero-order valence-electron chi connectivity index (χ0n) is 27.8. The molecular formula is C34H51N5O6S. The number of nitrogens with one attached hydrogen (secondary N) is 3. The topological polar surface area (TPSA) is 161 Å². The standard InChI is InChI=1S/C34H51N5O6S/c1-22(24-14-16-25(17-15-24)29-23(2)36-21-46-29)37-31(42)27-19-26(40)20-39(27)32(43)30(34(3,4)5)38-28(41)13-11-9-7-6-8-10-12-18-35-33(44)45/h14-17,21-22,26-27,30,35,40H,6-13,18-20H2,1-5H3,(H,37,42)(H,38,41)(H,44,45)/t22?,26-,27+,30?/m1/s1. The predicted molar refractivity (Wildman–Crippen MR) is 179 cm³/mol. The molecule has 1 aliphatic rings. The molecule has 1 aliphatic heterocycles. The first-order valence-corrected chi connectivity index (χ1v) is 17.2. The van der Waals surface area contributed by atoms with E-state index in [0.29, 0.717) is 19.4 Å². The van der Waals surface area contributed by atoms with Gasteiger partial charge in [0.15, 0.2) is 0 Å². The van der Waals surface area contributed by atoms with E-state index in [2.05, 4.69) is 20.9 Å². The number of carbonyl (C=O) groups is 4. The summed E-state index contributed by atoms with van der Waals surface area (Å²) in [7, 11) is 0. The predicted octanol–water partition coefficient (Wildman–Crippen LogP) is 5.18.